The summed E-state index contributed by atoms with van der Waals surface area (Å²) in [5.41, 5.74) is 4.76. The van der Waals surface area contributed by atoms with Gasteiger partial charge in [-0.1, -0.05) is 17.4 Å². The summed E-state index contributed by atoms with van der Waals surface area (Å²) in [6.45, 7) is 6.33. The first-order valence-electron chi connectivity index (χ1n) is 7.40. The van der Waals surface area contributed by atoms with E-state index in [2.05, 4.69) is 15.0 Å². The second kappa shape index (κ2) is 5.14. The zero-order valence-corrected chi connectivity index (χ0v) is 13.7. The van der Waals surface area contributed by atoms with Gasteiger partial charge in [0.2, 0.25) is 4.96 Å². The molecule has 1 aromatic carbocycles. The number of hydrogen-bond acceptors (Lipinski definition) is 5. The largest absolute Gasteiger partial charge is 0.478 e. The molecule has 2 aromatic heterocycles. The maximum Gasteiger partial charge on any atom is 0.335 e. The van der Waals surface area contributed by atoms with Crippen molar-refractivity contribution in [3.05, 3.63) is 51.3 Å². The summed E-state index contributed by atoms with van der Waals surface area (Å²) in [5.74, 6) is -0.877. The van der Waals surface area contributed by atoms with Crippen LogP contribution in [0.3, 0.4) is 0 Å². The van der Waals surface area contributed by atoms with E-state index < -0.39 is 5.97 Å². The molecule has 7 heteroatoms. The van der Waals surface area contributed by atoms with E-state index in [0.717, 1.165) is 46.6 Å². The predicted octanol–water partition coefficient (Wildman–Crippen LogP) is 2.62. The van der Waals surface area contributed by atoms with Crippen molar-refractivity contribution in [3.63, 3.8) is 0 Å². The van der Waals surface area contributed by atoms with Gasteiger partial charge in [0.05, 0.1) is 17.0 Å². The van der Waals surface area contributed by atoms with Gasteiger partial charge in [0.1, 0.15) is 5.01 Å². The minimum absolute atomic E-state index is 0.351. The molecule has 0 atom stereocenters. The van der Waals surface area contributed by atoms with Gasteiger partial charge >= 0.3 is 5.97 Å². The molecule has 3 heterocycles. The molecular formula is C16H16N4O2S. The lowest BCUT2D eigenvalue weighted by Gasteiger charge is -2.14. The van der Waals surface area contributed by atoms with Crippen LogP contribution in [0.1, 0.15) is 37.9 Å². The normalized spacial score (nSPS) is 14.5. The fraction of sp³-hybridized carbons (Fsp3) is 0.312. The van der Waals surface area contributed by atoms with Crippen molar-refractivity contribution in [3.8, 4) is 0 Å². The number of aryl methyl sites for hydroxylation is 2. The standard InChI is InChI=1S/C16H16N4O2S/c1-9-14(20-16(17-9)23-10(2)18-20)8-19-6-12-4-3-11(15(21)22)5-13(12)7-19/h3-5H,6-8H2,1-2H3,(H,21,22). The highest BCUT2D eigenvalue weighted by molar-refractivity contribution is 7.16. The average Bonchev–Trinajstić information content (AvgIpc) is 3.12. The van der Waals surface area contributed by atoms with Crippen LogP contribution in [-0.4, -0.2) is 30.6 Å². The molecule has 3 aromatic rings. The summed E-state index contributed by atoms with van der Waals surface area (Å²) < 4.78 is 1.93. The van der Waals surface area contributed by atoms with Gasteiger partial charge in [0.15, 0.2) is 0 Å². The molecule has 0 amide bonds. The number of hydrogen-bond donors (Lipinski definition) is 1. The third-order valence-electron chi connectivity index (χ3n) is 4.21. The zero-order valence-electron chi connectivity index (χ0n) is 12.9. The van der Waals surface area contributed by atoms with Gasteiger partial charge in [0, 0.05) is 19.6 Å². The van der Waals surface area contributed by atoms with Crippen molar-refractivity contribution in [1.82, 2.24) is 19.5 Å². The lowest BCUT2D eigenvalue weighted by atomic mass is 10.1. The second-order valence-electron chi connectivity index (χ2n) is 5.89. The first-order valence-corrected chi connectivity index (χ1v) is 8.22. The number of rotatable bonds is 3. The van der Waals surface area contributed by atoms with Crippen molar-refractivity contribution in [2.24, 2.45) is 0 Å². The van der Waals surface area contributed by atoms with E-state index in [1.54, 1.807) is 23.5 Å². The molecule has 0 bridgehead atoms. The smallest absolute Gasteiger partial charge is 0.335 e. The van der Waals surface area contributed by atoms with Crippen molar-refractivity contribution in [2.45, 2.75) is 33.5 Å². The Labute approximate surface area is 137 Å². The van der Waals surface area contributed by atoms with Crippen LogP contribution < -0.4 is 0 Å². The van der Waals surface area contributed by atoms with Crippen LogP contribution in [0.5, 0.6) is 0 Å². The van der Waals surface area contributed by atoms with Crippen LogP contribution >= 0.6 is 11.3 Å². The quantitative estimate of drug-likeness (QED) is 0.800. The van der Waals surface area contributed by atoms with Crippen LogP contribution in [-0.2, 0) is 19.6 Å². The molecule has 4 rings (SSSR count). The lowest BCUT2D eigenvalue weighted by molar-refractivity contribution is 0.0696. The van der Waals surface area contributed by atoms with Crippen LogP contribution in [0.4, 0.5) is 0 Å². The molecule has 0 aliphatic carbocycles. The Kier molecular flexibility index (Phi) is 3.21. The van der Waals surface area contributed by atoms with Gasteiger partial charge in [-0.2, -0.15) is 5.10 Å². The second-order valence-corrected chi connectivity index (χ2v) is 7.05. The number of carboxylic acid groups (broad SMARTS) is 1. The summed E-state index contributed by atoms with van der Waals surface area (Å²) in [5, 5.41) is 14.6. The molecule has 0 saturated carbocycles. The highest BCUT2D eigenvalue weighted by atomic mass is 32.1. The number of aromatic nitrogens is 3. The number of nitrogens with zero attached hydrogens (tertiary/aromatic N) is 4. The summed E-state index contributed by atoms with van der Waals surface area (Å²) in [4.78, 5) is 18.9. The van der Waals surface area contributed by atoms with Crippen LogP contribution in [0.25, 0.3) is 4.96 Å². The van der Waals surface area contributed by atoms with E-state index in [1.165, 1.54) is 5.56 Å². The van der Waals surface area contributed by atoms with E-state index in [1.807, 2.05) is 24.4 Å². The predicted molar refractivity (Wildman–Crippen MR) is 86.7 cm³/mol. The topological polar surface area (TPSA) is 70.7 Å². The number of carboxylic acids is 1. The zero-order chi connectivity index (χ0) is 16.1. The third kappa shape index (κ3) is 2.42. The van der Waals surface area contributed by atoms with Crippen LogP contribution in [0, 0.1) is 13.8 Å². The Morgan fingerprint density at radius 1 is 1.30 bits per heavy atom. The van der Waals surface area contributed by atoms with E-state index in [4.69, 9.17) is 5.11 Å². The van der Waals surface area contributed by atoms with Gasteiger partial charge < -0.3 is 5.11 Å². The summed E-state index contributed by atoms with van der Waals surface area (Å²) in [7, 11) is 0. The van der Waals surface area contributed by atoms with Gasteiger partial charge in [-0.25, -0.2) is 14.3 Å². The SMILES string of the molecule is Cc1nn2c(CN3Cc4ccc(C(=O)O)cc4C3)c(C)nc2s1. The highest BCUT2D eigenvalue weighted by Crippen LogP contribution is 2.27. The highest BCUT2D eigenvalue weighted by Gasteiger charge is 2.23. The molecule has 1 aliphatic rings. The van der Waals surface area contributed by atoms with Gasteiger partial charge in [-0.15, -0.1) is 0 Å². The molecule has 0 unspecified atom stereocenters. The first-order chi connectivity index (χ1) is 11.0. The number of imidazole rings is 1. The van der Waals surface area contributed by atoms with Crippen LogP contribution in [0.2, 0.25) is 0 Å². The fourth-order valence-corrected chi connectivity index (χ4v) is 3.90. The Morgan fingerprint density at radius 2 is 2.09 bits per heavy atom. The third-order valence-corrected chi connectivity index (χ3v) is 5.04. The summed E-state index contributed by atoms with van der Waals surface area (Å²) in [6, 6.07) is 5.38. The molecule has 0 spiro atoms. The Morgan fingerprint density at radius 3 is 2.87 bits per heavy atom. The molecule has 118 valence electrons. The van der Waals surface area contributed by atoms with Crippen LogP contribution in [0.15, 0.2) is 18.2 Å². The minimum Gasteiger partial charge on any atom is -0.478 e. The molecule has 6 nitrogen and oxygen atoms in total. The molecule has 0 radical (unpaired) electrons. The Hall–Kier alpha value is -2.25. The van der Waals surface area contributed by atoms with Gasteiger partial charge in [-0.3, -0.25) is 4.90 Å². The van der Waals surface area contributed by atoms with E-state index >= 15 is 0 Å². The Bertz CT molecular complexity index is 928. The molecule has 1 aliphatic heterocycles. The lowest BCUT2D eigenvalue weighted by Crippen LogP contribution is -2.17. The first kappa shape index (κ1) is 14.3. The van der Waals surface area contributed by atoms with Crippen molar-refractivity contribution in [1.29, 1.82) is 0 Å². The molecule has 1 N–H and O–H groups in total. The van der Waals surface area contributed by atoms with Gasteiger partial charge in [-0.05, 0) is 37.1 Å². The number of fused-ring (bicyclic) bond motifs is 2. The van der Waals surface area contributed by atoms with Crippen molar-refractivity contribution < 1.29 is 9.90 Å². The maximum atomic E-state index is 11.1. The minimum atomic E-state index is -0.877. The maximum absolute atomic E-state index is 11.1. The molecule has 0 fully saturated rings. The number of aromatic carboxylic acids is 1. The van der Waals surface area contributed by atoms with E-state index in [-0.39, 0.29) is 0 Å². The Balaban J connectivity index is 1.60. The molecule has 0 saturated heterocycles. The summed E-state index contributed by atoms with van der Waals surface area (Å²) >= 11 is 1.59. The average molecular weight is 328 g/mol. The monoisotopic (exact) mass is 328 g/mol. The van der Waals surface area contributed by atoms with Gasteiger partial charge in [0.25, 0.3) is 0 Å². The van der Waals surface area contributed by atoms with Crippen molar-refractivity contribution in [2.75, 3.05) is 0 Å². The van der Waals surface area contributed by atoms with Crippen molar-refractivity contribution >= 4 is 22.3 Å². The van der Waals surface area contributed by atoms with E-state index in [0.29, 0.717) is 5.56 Å². The molecule has 23 heavy (non-hydrogen) atoms. The fourth-order valence-electron chi connectivity index (χ4n) is 3.09. The number of benzene rings is 1. The van der Waals surface area contributed by atoms with E-state index in [9.17, 15) is 4.79 Å². The number of carbonyl (C=O) groups is 1. The summed E-state index contributed by atoms with van der Waals surface area (Å²) in [6.07, 6.45) is 0. The molecular weight excluding hydrogens is 312 g/mol.